The Morgan fingerprint density at radius 1 is 1.27 bits per heavy atom. The molecular formula is C10H14FNO2S. The largest absolute Gasteiger partial charge is 0.319 e. The minimum Gasteiger partial charge on any atom is -0.319 e. The van der Waals surface area contributed by atoms with Gasteiger partial charge in [0.1, 0.15) is 5.82 Å². The van der Waals surface area contributed by atoms with Crippen LogP contribution in [0.25, 0.3) is 0 Å². The van der Waals surface area contributed by atoms with Crippen LogP contribution in [-0.2, 0) is 15.6 Å². The molecular weight excluding hydrogens is 217 g/mol. The van der Waals surface area contributed by atoms with Gasteiger partial charge in [-0.1, -0.05) is 12.1 Å². The lowest BCUT2D eigenvalue weighted by molar-refractivity contribution is 0.592. The van der Waals surface area contributed by atoms with Gasteiger partial charge in [-0.05, 0) is 24.7 Å². The molecule has 3 nitrogen and oxygen atoms in total. The molecule has 1 rings (SSSR count). The molecule has 1 aromatic rings. The van der Waals surface area contributed by atoms with Crippen LogP contribution in [0.15, 0.2) is 24.3 Å². The number of benzene rings is 1. The molecule has 0 saturated carbocycles. The van der Waals surface area contributed by atoms with Crippen molar-refractivity contribution >= 4 is 9.84 Å². The molecule has 0 aromatic heterocycles. The van der Waals surface area contributed by atoms with Crippen molar-refractivity contribution in [1.29, 1.82) is 0 Å². The van der Waals surface area contributed by atoms with Gasteiger partial charge in [-0.15, -0.1) is 0 Å². The van der Waals surface area contributed by atoms with Crippen molar-refractivity contribution in [2.24, 2.45) is 0 Å². The fraction of sp³-hybridized carbons (Fsp3) is 0.400. The molecule has 15 heavy (non-hydrogen) atoms. The number of nitrogens with one attached hydrogen (secondary N) is 1. The molecule has 0 unspecified atom stereocenters. The first-order valence-corrected chi connectivity index (χ1v) is 6.45. The highest BCUT2D eigenvalue weighted by Gasteiger charge is 2.10. The van der Waals surface area contributed by atoms with E-state index in [2.05, 4.69) is 5.32 Å². The van der Waals surface area contributed by atoms with Crippen LogP contribution in [0.1, 0.15) is 5.56 Å². The quantitative estimate of drug-likeness (QED) is 0.821. The van der Waals surface area contributed by atoms with Gasteiger partial charge in [0.05, 0.1) is 11.5 Å². The Labute approximate surface area is 89.2 Å². The van der Waals surface area contributed by atoms with Crippen molar-refractivity contribution in [3.05, 3.63) is 35.6 Å². The highest BCUT2D eigenvalue weighted by Crippen LogP contribution is 2.07. The maximum absolute atomic E-state index is 12.6. The van der Waals surface area contributed by atoms with Crippen LogP contribution >= 0.6 is 0 Å². The average molecular weight is 231 g/mol. The van der Waals surface area contributed by atoms with Gasteiger partial charge >= 0.3 is 0 Å². The van der Waals surface area contributed by atoms with Crippen molar-refractivity contribution in [3.63, 3.8) is 0 Å². The zero-order chi connectivity index (χ0) is 11.3. The first kappa shape index (κ1) is 12.1. The van der Waals surface area contributed by atoms with E-state index in [0.29, 0.717) is 12.1 Å². The lowest BCUT2D eigenvalue weighted by Crippen LogP contribution is -2.20. The normalized spacial score (nSPS) is 11.6. The first-order valence-electron chi connectivity index (χ1n) is 4.63. The molecule has 0 heterocycles. The van der Waals surface area contributed by atoms with E-state index in [1.165, 1.54) is 24.3 Å². The minimum absolute atomic E-state index is 0.0328. The molecule has 0 fully saturated rings. The Morgan fingerprint density at radius 2 is 1.87 bits per heavy atom. The van der Waals surface area contributed by atoms with Crippen LogP contribution in [-0.4, -0.2) is 27.8 Å². The molecule has 5 heteroatoms. The van der Waals surface area contributed by atoms with Crippen LogP contribution in [0, 0.1) is 5.82 Å². The van der Waals surface area contributed by atoms with Gasteiger partial charge in [-0.2, -0.15) is 0 Å². The highest BCUT2D eigenvalue weighted by atomic mass is 32.2. The van der Waals surface area contributed by atoms with Gasteiger partial charge in [-0.3, -0.25) is 0 Å². The summed E-state index contributed by atoms with van der Waals surface area (Å²) in [6, 6.07) is 5.52. The number of hydrogen-bond acceptors (Lipinski definition) is 3. The zero-order valence-electron chi connectivity index (χ0n) is 8.53. The standard InChI is InChI=1S/C10H14FNO2S/c1-12-6-7-15(13,14)8-9-2-4-10(11)5-3-9/h2-5,12H,6-8H2,1H3. The summed E-state index contributed by atoms with van der Waals surface area (Å²) in [6.45, 7) is 0.434. The molecule has 0 amide bonds. The molecule has 0 radical (unpaired) electrons. The van der Waals surface area contributed by atoms with Gasteiger partial charge in [0.2, 0.25) is 0 Å². The van der Waals surface area contributed by atoms with Gasteiger partial charge < -0.3 is 5.32 Å². The summed E-state index contributed by atoms with van der Waals surface area (Å²) in [5, 5.41) is 2.78. The van der Waals surface area contributed by atoms with Crippen molar-refractivity contribution in [2.75, 3.05) is 19.3 Å². The molecule has 0 aliphatic rings. The third-order valence-corrected chi connectivity index (χ3v) is 3.56. The first-order chi connectivity index (χ1) is 7.03. The third-order valence-electron chi connectivity index (χ3n) is 1.96. The van der Waals surface area contributed by atoms with Crippen molar-refractivity contribution in [1.82, 2.24) is 5.32 Å². The second-order valence-corrected chi connectivity index (χ2v) is 5.51. The minimum atomic E-state index is -3.09. The smallest absolute Gasteiger partial charge is 0.155 e. The van der Waals surface area contributed by atoms with E-state index in [-0.39, 0.29) is 17.3 Å². The van der Waals surface area contributed by atoms with E-state index in [4.69, 9.17) is 0 Å². The summed E-state index contributed by atoms with van der Waals surface area (Å²) in [6.07, 6.45) is 0. The predicted molar refractivity (Wildman–Crippen MR) is 57.8 cm³/mol. The van der Waals surface area contributed by atoms with Crippen LogP contribution in [0.3, 0.4) is 0 Å². The lowest BCUT2D eigenvalue weighted by Gasteiger charge is -2.03. The number of hydrogen-bond donors (Lipinski definition) is 1. The van der Waals surface area contributed by atoms with Crippen molar-refractivity contribution in [3.8, 4) is 0 Å². The highest BCUT2D eigenvalue weighted by molar-refractivity contribution is 7.90. The molecule has 0 atom stereocenters. The van der Waals surface area contributed by atoms with Crippen LogP contribution in [0.5, 0.6) is 0 Å². The van der Waals surface area contributed by atoms with Crippen LogP contribution in [0.4, 0.5) is 4.39 Å². The topological polar surface area (TPSA) is 46.2 Å². The van der Waals surface area contributed by atoms with Gasteiger partial charge in [0, 0.05) is 6.54 Å². The maximum atomic E-state index is 12.6. The molecule has 0 spiro atoms. The summed E-state index contributed by atoms with van der Waals surface area (Å²) in [7, 11) is -1.39. The third kappa shape index (κ3) is 4.40. The monoisotopic (exact) mass is 231 g/mol. The Bertz CT molecular complexity index is 400. The van der Waals surface area contributed by atoms with E-state index < -0.39 is 9.84 Å². The summed E-state index contributed by atoms with van der Waals surface area (Å²) in [4.78, 5) is 0. The van der Waals surface area contributed by atoms with Gasteiger partial charge in [0.15, 0.2) is 9.84 Å². The summed E-state index contributed by atoms with van der Waals surface area (Å²) in [5.74, 6) is -0.290. The fourth-order valence-electron chi connectivity index (χ4n) is 1.16. The number of sulfone groups is 1. The second-order valence-electron chi connectivity index (χ2n) is 3.32. The Hall–Kier alpha value is -0.940. The lowest BCUT2D eigenvalue weighted by atomic mass is 10.2. The average Bonchev–Trinajstić information content (AvgIpc) is 2.18. The van der Waals surface area contributed by atoms with Crippen molar-refractivity contribution < 1.29 is 12.8 Å². The maximum Gasteiger partial charge on any atom is 0.155 e. The molecule has 0 aliphatic heterocycles. The van der Waals surface area contributed by atoms with Crippen LogP contribution in [0.2, 0.25) is 0 Å². The molecule has 0 aliphatic carbocycles. The Morgan fingerprint density at radius 3 is 2.40 bits per heavy atom. The number of halogens is 1. The fourth-order valence-corrected chi connectivity index (χ4v) is 2.52. The van der Waals surface area contributed by atoms with E-state index in [1.54, 1.807) is 7.05 Å². The Balaban J connectivity index is 2.65. The van der Waals surface area contributed by atoms with E-state index in [1.807, 2.05) is 0 Å². The van der Waals surface area contributed by atoms with Gasteiger partial charge in [-0.25, -0.2) is 12.8 Å². The summed E-state index contributed by atoms with van der Waals surface area (Å²) < 4.78 is 35.6. The van der Waals surface area contributed by atoms with E-state index in [0.717, 1.165) is 0 Å². The zero-order valence-corrected chi connectivity index (χ0v) is 9.35. The molecule has 1 N–H and O–H groups in total. The SMILES string of the molecule is CNCCS(=O)(=O)Cc1ccc(F)cc1. The summed E-state index contributed by atoms with van der Waals surface area (Å²) >= 11 is 0. The number of rotatable bonds is 5. The molecule has 0 bridgehead atoms. The second kappa shape index (κ2) is 5.23. The predicted octanol–water partition coefficient (Wildman–Crippen LogP) is 0.960. The molecule has 1 aromatic carbocycles. The molecule has 84 valence electrons. The van der Waals surface area contributed by atoms with E-state index >= 15 is 0 Å². The van der Waals surface area contributed by atoms with E-state index in [9.17, 15) is 12.8 Å². The Kier molecular flexibility index (Phi) is 4.23. The van der Waals surface area contributed by atoms with Gasteiger partial charge in [0.25, 0.3) is 0 Å². The summed E-state index contributed by atoms with van der Waals surface area (Å²) in [5.41, 5.74) is 0.618. The van der Waals surface area contributed by atoms with Crippen molar-refractivity contribution in [2.45, 2.75) is 5.75 Å². The molecule has 0 saturated heterocycles. The van der Waals surface area contributed by atoms with Crippen LogP contribution < -0.4 is 5.32 Å².